The normalized spacial score (nSPS) is 17.9. The molecule has 2 aromatic rings. The molecule has 31 heavy (non-hydrogen) atoms. The first-order chi connectivity index (χ1) is 14.9. The fourth-order valence-corrected chi connectivity index (χ4v) is 4.93. The van der Waals surface area contributed by atoms with Crippen LogP contribution in [0.15, 0.2) is 53.5 Å². The highest BCUT2D eigenvalue weighted by atomic mass is 32.2. The molecule has 164 valence electrons. The van der Waals surface area contributed by atoms with E-state index >= 15 is 0 Å². The molecule has 7 heteroatoms. The number of carbonyl (C=O) groups excluding carboxylic acids is 1. The van der Waals surface area contributed by atoms with Gasteiger partial charge in [0, 0.05) is 30.4 Å². The number of halogens is 1. The Labute approximate surface area is 187 Å². The molecule has 2 heterocycles. The molecular weight excluding hydrogens is 413 g/mol. The highest BCUT2D eigenvalue weighted by molar-refractivity contribution is 8.14. The number of nitrogens with zero attached hydrogens (tertiary/aromatic N) is 2. The number of rotatable bonds is 5. The van der Waals surface area contributed by atoms with Crippen LogP contribution in [0.1, 0.15) is 30.9 Å². The number of hydrogen-bond acceptors (Lipinski definition) is 5. The minimum Gasteiger partial charge on any atom is -0.378 e. The van der Waals surface area contributed by atoms with Crippen LogP contribution in [0.2, 0.25) is 0 Å². The quantitative estimate of drug-likeness (QED) is 0.761. The molecule has 0 bridgehead atoms. The van der Waals surface area contributed by atoms with E-state index in [4.69, 9.17) is 4.74 Å². The van der Waals surface area contributed by atoms with E-state index in [-0.39, 0.29) is 17.6 Å². The minimum atomic E-state index is -0.819. The third kappa shape index (κ3) is 4.93. The molecule has 0 spiro atoms. The maximum Gasteiger partial charge on any atom is 0.232 e. The Morgan fingerprint density at radius 3 is 2.55 bits per heavy atom. The summed E-state index contributed by atoms with van der Waals surface area (Å²) < 4.78 is 19.6. The second-order valence-corrected chi connectivity index (χ2v) is 9.47. The smallest absolute Gasteiger partial charge is 0.232 e. The van der Waals surface area contributed by atoms with E-state index in [0.717, 1.165) is 55.4 Å². The predicted octanol–water partition coefficient (Wildman–Crippen LogP) is 4.04. The summed E-state index contributed by atoms with van der Waals surface area (Å²) in [6.07, 6.45) is 0. The van der Waals surface area contributed by atoms with Crippen molar-refractivity contribution in [3.63, 3.8) is 0 Å². The van der Waals surface area contributed by atoms with Gasteiger partial charge in [0.05, 0.1) is 25.2 Å². The monoisotopic (exact) mass is 441 g/mol. The number of thioether (sulfide) groups is 1. The Morgan fingerprint density at radius 2 is 1.90 bits per heavy atom. The first-order valence-corrected chi connectivity index (χ1v) is 11.6. The molecule has 4 rings (SSSR count). The van der Waals surface area contributed by atoms with Crippen LogP contribution in [0.3, 0.4) is 0 Å². The standard InChI is InChI=1S/C24H28FN3O2S/c1-24(2,22(29)27-23-26-10-15-31-23)21(18-4-3-5-19(25)16-18)17-6-8-20(9-7-17)28-11-13-30-14-12-28/h3-9,16,21H,10-15H2,1-2H3,(H,26,27,29). The molecule has 0 saturated carbocycles. The van der Waals surface area contributed by atoms with Crippen LogP contribution in [0, 0.1) is 11.2 Å². The van der Waals surface area contributed by atoms with Crippen molar-refractivity contribution in [3.8, 4) is 0 Å². The maximum atomic E-state index is 14.1. The molecule has 1 amide bonds. The van der Waals surface area contributed by atoms with E-state index < -0.39 is 5.41 Å². The van der Waals surface area contributed by atoms with E-state index in [1.807, 2.05) is 19.9 Å². The molecule has 1 unspecified atom stereocenters. The first-order valence-electron chi connectivity index (χ1n) is 10.6. The van der Waals surface area contributed by atoms with Crippen LogP contribution >= 0.6 is 11.8 Å². The molecule has 5 nitrogen and oxygen atoms in total. The SMILES string of the molecule is CC(C)(C(=O)NC1=NCCS1)C(c1ccc(N2CCOCC2)cc1)c1cccc(F)c1. The van der Waals surface area contributed by atoms with Gasteiger partial charge in [-0.3, -0.25) is 9.79 Å². The third-order valence-electron chi connectivity index (χ3n) is 5.90. The van der Waals surface area contributed by atoms with Gasteiger partial charge in [-0.05, 0) is 35.4 Å². The minimum absolute atomic E-state index is 0.118. The number of carbonyl (C=O) groups is 1. The molecule has 1 N–H and O–H groups in total. The molecule has 0 aromatic heterocycles. The van der Waals surface area contributed by atoms with Crippen molar-refractivity contribution in [1.82, 2.24) is 5.32 Å². The summed E-state index contributed by atoms with van der Waals surface area (Å²) in [4.78, 5) is 19.9. The summed E-state index contributed by atoms with van der Waals surface area (Å²) in [6, 6.07) is 14.8. The molecule has 2 aliphatic heterocycles. The second kappa shape index (κ2) is 9.40. The van der Waals surface area contributed by atoms with Crippen LogP contribution in [-0.4, -0.2) is 49.7 Å². The zero-order chi connectivity index (χ0) is 21.8. The summed E-state index contributed by atoms with van der Waals surface area (Å²) in [5, 5.41) is 3.64. The lowest BCUT2D eigenvalue weighted by Crippen LogP contribution is -2.43. The van der Waals surface area contributed by atoms with Crippen molar-refractivity contribution in [2.75, 3.05) is 43.5 Å². The third-order valence-corrected chi connectivity index (χ3v) is 6.79. The van der Waals surface area contributed by atoms with E-state index in [2.05, 4.69) is 39.5 Å². The first kappa shape index (κ1) is 21.8. The Balaban J connectivity index is 1.66. The topological polar surface area (TPSA) is 53.9 Å². The van der Waals surface area contributed by atoms with Gasteiger partial charge in [0.15, 0.2) is 5.17 Å². The number of benzene rings is 2. The average molecular weight is 442 g/mol. The van der Waals surface area contributed by atoms with Crippen molar-refractivity contribution in [1.29, 1.82) is 0 Å². The van der Waals surface area contributed by atoms with Crippen LogP contribution in [0.4, 0.5) is 10.1 Å². The van der Waals surface area contributed by atoms with Gasteiger partial charge in [-0.2, -0.15) is 0 Å². The summed E-state index contributed by atoms with van der Waals surface area (Å²) in [7, 11) is 0. The zero-order valence-corrected chi connectivity index (χ0v) is 18.8. The number of anilines is 1. The molecule has 2 aliphatic rings. The lowest BCUT2D eigenvalue weighted by Gasteiger charge is -2.34. The van der Waals surface area contributed by atoms with Gasteiger partial charge in [-0.15, -0.1) is 0 Å². The number of morpholine rings is 1. The van der Waals surface area contributed by atoms with Gasteiger partial charge in [0.25, 0.3) is 0 Å². The van der Waals surface area contributed by atoms with Gasteiger partial charge in [0.1, 0.15) is 5.82 Å². The summed E-state index contributed by atoms with van der Waals surface area (Å²) in [5.41, 5.74) is 2.06. The molecular formula is C24H28FN3O2S. The number of amides is 1. The molecule has 0 radical (unpaired) electrons. The Hall–Kier alpha value is -2.38. The Kier molecular flexibility index (Phi) is 6.62. The molecule has 1 saturated heterocycles. The molecule has 2 aromatic carbocycles. The Morgan fingerprint density at radius 1 is 1.16 bits per heavy atom. The van der Waals surface area contributed by atoms with Gasteiger partial charge in [0.2, 0.25) is 5.91 Å². The fraction of sp³-hybridized carbons (Fsp3) is 0.417. The zero-order valence-electron chi connectivity index (χ0n) is 17.9. The van der Waals surface area contributed by atoms with Crippen molar-refractivity contribution in [2.45, 2.75) is 19.8 Å². The maximum absolute atomic E-state index is 14.1. The molecule has 1 fully saturated rings. The predicted molar refractivity (Wildman–Crippen MR) is 124 cm³/mol. The second-order valence-electron chi connectivity index (χ2n) is 8.39. The number of aliphatic imine (C=N–C) groups is 1. The van der Waals surface area contributed by atoms with Crippen molar-refractivity contribution >= 4 is 28.5 Å². The van der Waals surface area contributed by atoms with Gasteiger partial charge < -0.3 is 15.0 Å². The van der Waals surface area contributed by atoms with Crippen molar-refractivity contribution in [3.05, 3.63) is 65.5 Å². The van der Waals surface area contributed by atoms with E-state index in [1.54, 1.807) is 17.8 Å². The van der Waals surface area contributed by atoms with Crippen LogP contribution in [-0.2, 0) is 9.53 Å². The highest BCUT2D eigenvalue weighted by Gasteiger charge is 2.39. The molecule has 0 aliphatic carbocycles. The lowest BCUT2D eigenvalue weighted by atomic mass is 9.70. The Bertz CT molecular complexity index is 956. The lowest BCUT2D eigenvalue weighted by molar-refractivity contribution is -0.128. The van der Waals surface area contributed by atoms with E-state index in [1.165, 1.54) is 12.1 Å². The number of amidine groups is 1. The molecule has 1 atom stereocenters. The number of nitrogens with one attached hydrogen (secondary N) is 1. The van der Waals surface area contributed by atoms with Gasteiger partial charge >= 0.3 is 0 Å². The highest BCUT2D eigenvalue weighted by Crippen LogP contribution is 2.42. The van der Waals surface area contributed by atoms with Crippen molar-refractivity contribution < 1.29 is 13.9 Å². The largest absolute Gasteiger partial charge is 0.378 e. The summed E-state index contributed by atoms with van der Waals surface area (Å²) in [6.45, 7) is 7.71. The van der Waals surface area contributed by atoms with Crippen LogP contribution < -0.4 is 10.2 Å². The van der Waals surface area contributed by atoms with Gasteiger partial charge in [-0.25, -0.2) is 4.39 Å². The van der Waals surface area contributed by atoms with Crippen molar-refractivity contribution in [2.24, 2.45) is 10.4 Å². The average Bonchev–Trinajstić information content (AvgIpc) is 3.28. The van der Waals surface area contributed by atoms with Crippen LogP contribution in [0.5, 0.6) is 0 Å². The number of hydrogen-bond donors (Lipinski definition) is 1. The number of ether oxygens (including phenoxy) is 1. The van der Waals surface area contributed by atoms with Crippen LogP contribution in [0.25, 0.3) is 0 Å². The fourth-order valence-electron chi connectivity index (χ4n) is 4.21. The summed E-state index contributed by atoms with van der Waals surface area (Å²) in [5.74, 6) is 0.146. The van der Waals surface area contributed by atoms with Gasteiger partial charge in [-0.1, -0.05) is 49.9 Å². The van der Waals surface area contributed by atoms with E-state index in [9.17, 15) is 9.18 Å². The summed E-state index contributed by atoms with van der Waals surface area (Å²) >= 11 is 1.55. The van der Waals surface area contributed by atoms with E-state index in [0.29, 0.717) is 5.17 Å².